The molecule has 0 aliphatic heterocycles. The summed E-state index contributed by atoms with van der Waals surface area (Å²) in [6.45, 7) is 15.9. The summed E-state index contributed by atoms with van der Waals surface area (Å²) in [6.07, 6.45) is 53.9. The van der Waals surface area contributed by atoms with E-state index >= 15 is 17.6 Å². The van der Waals surface area contributed by atoms with Crippen LogP contribution in [0.3, 0.4) is 0 Å². The number of benzene rings is 2. The Kier molecular flexibility index (Phi) is 35.2. The Morgan fingerprint density at radius 1 is 0.348 bits per heavy atom. The van der Waals surface area contributed by atoms with Crippen molar-refractivity contribution in [3.8, 4) is 51.5 Å². The first-order valence-electron chi connectivity index (χ1n) is 37.6. The van der Waals surface area contributed by atoms with Crippen LogP contribution in [-0.2, 0) is 19.4 Å². The molecule has 510 valence electrons. The fourth-order valence-electron chi connectivity index (χ4n) is 14.0. The predicted molar refractivity (Wildman–Crippen MR) is 398 cm³/mol. The maximum atomic E-state index is 17.9. The molecule has 0 aliphatic rings. The lowest BCUT2D eigenvalue weighted by atomic mass is 9.88. The second-order valence-electron chi connectivity index (χ2n) is 27.5. The van der Waals surface area contributed by atoms with E-state index in [9.17, 15) is 0 Å². The molecule has 7 aromatic rings. The number of halogens is 4. The van der Waals surface area contributed by atoms with Gasteiger partial charge in [0.25, 0.3) is 0 Å². The van der Waals surface area contributed by atoms with E-state index in [4.69, 9.17) is 10.2 Å². The van der Waals surface area contributed by atoms with Crippen molar-refractivity contribution in [3.05, 3.63) is 92.7 Å². The van der Waals surface area contributed by atoms with Gasteiger partial charge in [-0.2, -0.15) is 15.0 Å². The van der Waals surface area contributed by atoms with Gasteiger partial charge in [0.15, 0.2) is 23.3 Å². The SMILES string of the molecule is CCCCCCCCCCCCC(CCCCCCCCCC)Cc1cc(-c2c(F)c(F)c(-c3cc(CC(CCCCCCCCCC)CCCCCCCCCCCC)c(-c4ccc(-c5ccc(-c6ccc(C)s6)c(F)c5F)s4)s3)c3nn(CCC)nc23)sc1C. The fourth-order valence-corrected chi connectivity index (χ4v) is 18.4. The number of rotatable bonds is 51. The summed E-state index contributed by atoms with van der Waals surface area (Å²) >= 11 is 5.94. The molecule has 5 heterocycles. The number of aromatic nitrogens is 3. The highest BCUT2D eigenvalue weighted by atomic mass is 32.1. The van der Waals surface area contributed by atoms with Crippen LogP contribution in [0, 0.1) is 49.0 Å². The average Bonchev–Trinajstić information content (AvgIpc) is 1.56. The number of hydrogen-bond acceptors (Lipinski definition) is 6. The fraction of sp³-hybridized carbons (Fsp3) is 0.654. The summed E-state index contributed by atoms with van der Waals surface area (Å²) in [4.78, 5) is 8.41. The molecule has 5 aromatic heterocycles. The Balaban J connectivity index is 1.21. The Hall–Kier alpha value is -3.64. The topological polar surface area (TPSA) is 30.7 Å². The van der Waals surface area contributed by atoms with Crippen LogP contribution in [0.1, 0.15) is 319 Å². The lowest BCUT2D eigenvalue weighted by molar-refractivity contribution is 0.399. The Morgan fingerprint density at radius 3 is 1.09 bits per heavy atom. The third-order valence-corrected chi connectivity index (χ3v) is 24.2. The number of hydrogen-bond donors (Lipinski definition) is 0. The minimum Gasteiger partial charge on any atom is -0.203 e. The van der Waals surface area contributed by atoms with Gasteiger partial charge < -0.3 is 0 Å². The molecule has 2 aromatic carbocycles. The van der Waals surface area contributed by atoms with Gasteiger partial charge in [0.2, 0.25) is 0 Å². The van der Waals surface area contributed by atoms with Gasteiger partial charge in [-0.15, -0.1) is 45.3 Å². The van der Waals surface area contributed by atoms with Crippen LogP contribution < -0.4 is 0 Å². The number of thiophene rings is 4. The highest BCUT2D eigenvalue weighted by Crippen LogP contribution is 2.49. The van der Waals surface area contributed by atoms with Gasteiger partial charge in [-0.3, -0.25) is 0 Å². The molecule has 92 heavy (non-hydrogen) atoms. The largest absolute Gasteiger partial charge is 0.203 e. The summed E-state index contributed by atoms with van der Waals surface area (Å²) < 4.78 is 68.2. The highest BCUT2D eigenvalue weighted by molar-refractivity contribution is 7.25. The van der Waals surface area contributed by atoms with Gasteiger partial charge in [-0.1, -0.05) is 291 Å². The van der Waals surface area contributed by atoms with Crippen molar-refractivity contribution >= 4 is 56.4 Å². The van der Waals surface area contributed by atoms with Crippen molar-refractivity contribution < 1.29 is 17.6 Å². The van der Waals surface area contributed by atoms with E-state index in [1.807, 2.05) is 31.2 Å². The van der Waals surface area contributed by atoms with Gasteiger partial charge >= 0.3 is 0 Å². The molecule has 0 spiro atoms. The van der Waals surface area contributed by atoms with E-state index < -0.39 is 23.3 Å². The minimum atomic E-state index is -0.886. The molecule has 0 saturated carbocycles. The van der Waals surface area contributed by atoms with Crippen molar-refractivity contribution in [2.24, 2.45) is 11.8 Å². The van der Waals surface area contributed by atoms with Gasteiger partial charge in [0.05, 0.1) is 17.7 Å². The third kappa shape index (κ3) is 23.9. The molecule has 7 rings (SSSR count). The average molecular weight is 1340 g/mol. The molecule has 0 bridgehead atoms. The van der Waals surface area contributed by atoms with Crippen molar-refractivity contribution in [1.82, 2.24) is 15.0 Å². The van der Waals surface area contributed by atoms with Crippen molar-refractivity contribution in [2.75, 3.05) is 0 Å². The maximum absolute atomic E-state index is 17.9. The number of fused-ring (bicyclic) bond motifs is 1. The second-order valence-corrected chi connectivity index (χ2v) is 32.2. The van der Waals surface area contributed by atoms with Gasteiger partial charge in [0.1, 0.15) is 11.0 Å². The third-order valence-electron chi connectivity index (χ3n) is 19.6. The molecule has 0 aliphatic carbocycles. The minimum absolute atomic E-state index is 0.162. The van der Waals surface area contributed by atoms with Crippen LogP contribution in [0.2, 0.25) is 0 Å². The molecule has 0 N–H and O–H groups in total. The van der Waals surface area contributed by atoms with E-state index in [1.54, 1.807) is 28.3 Å². The van der Waals surface area contributed by atoms with Crippen LogP contribution >= 0.6 is 45.3 Å². The van der Waals surface area contributed by atoms with Gasteiger partial charge in [-0.25, -0.2) is 17.6 Å². The molecule has 2 unspecified atom stereocenters. The lowest BCUT2D eigenvalue weighted by Crippen LogP contribution is -2.06. The molecule has 11 heteroatoms. The molecule has 0 fully saturated rings. The predicted octanol–water partition coefficient (Wildman–Crippen LogP) is 29.6. The first-order valence-corrected chi connectivity index (χ1v) is 40.9. The zero-order chi connectivity index (χ0) is 65.3. The van der Waals surface area contributed by atoms with Crippen molar-refractivity contribution in [1.29, 1.82) is 0 Å². The van der Waals surface area contributed by atoms with Gasteiger partial charge in [0, 0.05) is 50.1 Å². The van der Waals surface area contributed by atoms with Gasteiger partial charge in [-0.05, 0) is 105 Å². The van der Waals surface area contributed by atoms with Crippen LogP contribution in [-0.4, -0.2) is 15.0 Å². The lowest BCUT2D eigenvalue weighted by Gasteiger charge is -2.17. The molecule has 0 amide bonds. The van der Waals surface area contributed by atoms with Crippen molar-refractivity contribution in [2.45, 2.75) is 331 Å². The number of nitrogens with zero attached hydrogens (tertiary/aromatic N) is 3. The molecule has 3 nitrogen and oxygen atoms in total. The zero-order valence-corrected chi connectivity index (χ0v) is 61.6. The number of unbranched alkanes of at least 4 members (excludes halogenated alkanes) is 32. The van der Waals surface area contributed by atoms with Crippen LogP contribution in [0.15, 0.2) is 48.5 Å². The molecule has 2 atom stereocenters. The summed E-state index contributed by atoms with van der Waals surface area (Å²) in [5.41, 5.74) is 4.01. The molecule has 0 saturated heterocycles. The van der Waals surface area contributed by atoms with Crippen molar-refractivity contribution in [3.63, 3.8) is 0 Å². The second kappa shape index (κ2) is 42.8. The van der Waals surface area contributed by atoms with Crippen LogP contribution in [0.25, 0.3) is 62.6 Å². The Morgan fingerprint density at radius 2 is 0.696 bits per heavy atom. The normalized spacial score (nSPS) is 12.6. The molecular formula is C81H119F4N3S4. The van der Waals surface area contributed by atoms with Crippen LogP contribution in [0.5, 0.6) is 0 Å². The summed E-state index contributed by atoms with van der Waals surface area (Å²) in [5.74, 6) is -2.50. The number of aryl methyl sites for hydroxylation is 3. The maximum Gasteiger partial charge on any atom is 0.170 e. The summed E-state index contributed by atoms with van der Waals surface area (Å²) in [5, 5.41) is 10.1. The standard InChI is InChI=1S/C81H119F4N3S4/c1-8-13-17-21-25-29-31-35-39-42-46-62(45-41-37-33-27-23-19-15-10-3)56-64-58-71(90-61(64)7)73-77(84)78(85)74(80-79(73)86-88(87-80)55-12-5)72-59-65(57-63(47-43-38-34-28-24-20-16-11-4)48-44-40-36-32-30-26-22-18-14-9-2)81(92-72)70-54-53-69(91-70)67-51-50-66(75(82)76(67)83)68-52-49-60(6)89-68/h49-54,58-59,62-63H,8-48,55-57H2,1-7H3. The highest BCUT2D eigenvalue weighted by Gasteiger charge is 2.30. The van der Waals surface area contributed by atoms with E-state index in [-0.39, 0.29) is 22.3 Å². The Bertz CT molecular complexity index is 3160. The Labute approximate surface area is 572 Å². The van der Waals surface area contributed by atoms with E-state index in [0.29, 0.717) is 44.0 Å². The first-order chi connectivity index (χ1) is 45.0. The van der Waals surface area contributed by atoms with E-state index in [1.165, 1.54) is 288 Å². The van der Waals surface area contributed by atoms with E-state index in [0.717, 1.165) is 57.2 Å². The quantitative estimate of drug-likeness (QED) is 0.0281. The molecular weight excluding hydrogens is 1220 g/mol. The molecule has 0 radical (unpaired) electrons. The summed E-state index contributed by atoms with van der Waals surface area (Å²) in [6, 6.07) is 15.4. The van der Waals surface area contributed by atoms with E-state index in [2.05, 4.69) is 53.7 Å². The summed E-state index contributed by atoms with van der Waals surface area (Å²) in [7, 11) is 0. The zero-order valence-electron chi connectivity index (χ0n) is 58.4. The first kappa shape index (κ1) is 75.7. The van der Waals surface area contributed by atoms with Crippen LogP contribution in [0.4, 0.5) is 17.6 Å². The monoisotopic (exact) mass is 1340 g/mol. The smallest absolute Gasteiger partial charge is 0.170 e.